The van der Waals surface area contributed by atoms with Crippen LogP contribution in [0.5, 0.6) is 0 Å². The minimum absolute atomic E-state index is 0.611. The molecule has 1 fully saturated rings. The second-order valence-corrected chi connectivity index (χ2v) is 4.39. The lowest BCUT2D eigenvalue weighted by molar-refractivity contribution is 0.0851. The monoisotopic (exact) mass is 213 g/mol. The van der Waals surface area contributed by atoms with Gasteiger partial charge in [-0.15, -0.1) is 11.3 Å². The molecule has 1 aliphatic heterocycles. The lowest BCUT2D eigenvalue weighted by atomic mass is 10.0. The SMILES string of the molecule is COCc1csc(C2CCOCC2)n1. The Labute approximate surface area is 88.1 Å². The molecule has 0 bridgehead atoms. The summed E-state index contributed by atoms with van der Waals surface area (Å²) in [5.41, 5.74) is 1.05. The molecular weight excluding hydrogens is 198 g/mol. The summed E-state index contributed by atoms with van der Waals surface area (Å²) >= 11 is 1.75. The fraction of sp³-hybridized carbons (Fsp3) is 0.700. The molecule has 1 saturated heterocycles. The quantitative estimate of drug-likeness (QED) is 0.771. The van der Waals surface area contributed by atoms with Crippen molar-refractivity contribution in [3.63, 3.8) is 0 Å². The van der Waals surface area contributed by atoms with E-state index in [1.165, 1.54) is 5.01 Å². The van der Waals surface area contributed by atoms with Crippen LogP contribution in [-0.2, 0) is 16.1 Å². The largest absolute Gasteiger partial charge is 0.381 e. The lowest BCUT2D eigenvalue weighted by Crippen LogP contribution is -2.13. The molecular formula is C10H15NO2S. The van der Waals surface area contributed by atoms with Crippen LogP contribution in [0.3, 0.4) is 0 Å². The van der Waals surface area contributed by atoms with Crippen molar-refractivity contribution < 1.29 is 9.47 Å². The van der Waals surface area contributed by atoms with Crippen LogP contribution in [0.15, 0.2) is 5.38 Å². The summed E-state index contributed by atoms with van der Waals surface area (Å²) < 4.78 is 10.4. The summed E-state index contributed by atoms with van der Waals surface area (Å²) in [6.07, 6.45) is 2.22. The Morgan fingerprint density at radius 3 is 3.07 bits per heavy atom. The van der Waals surface area contributed by atoms with Gasteiger partial charge in [0.1, 0.15) is 0 Å². The van der Waals surface area contributed by atoms with Crippen molar-refractivity contribution in [3.8, 4) is 0 Å². The predicted molar refractivity (Wildman–Crippen MR) is 55.6 cm³/mol. The minimum atomic E-state index is 0.611. The first-order chi connectivity index (χ1) is 6.90. The van der Waals surface area contributed by atoms with E-state index in [-0.39, 0.29) is 0 Å². The normalized spacial score (nSPS) is 18.6. The average Bonchev–Trinajstić information content (AvgIpc) is 2.68. The highest BCUT2D eigenvalue weighted by Crippen LogP contribution is 2.29. The van der Waals surface area contributed by atoms with Gasteiger partial charge in [-0.3, -0.25) is 0 Å². The number of rotatable bonds is 3. The van der Waals surface area contributed by atoms with Gasteiger partial charge in [0.2, 0.25) is 0 Å². The van der Waals surface area contributed by atoms with E-state index in [1.807, 2.05) is 0 Å². The number of thiazole rings is 1. The van der Waals surface area contributed by atoms with Crippen molar-refractivity contribution in [3.05, 3.63) is 16.1 Å². The number of methoxy groups -OCH3 is 1. The molecule has 0 radical (unpaired) electrons. The first-order valence-corrected chi connectivity index (χ1v) is 5.79. The molecule has 1 aromatic heterocycles. The highest BCUT2D eigenvalue weighted by molar-refractivity contribution is 7.09. The highest BCUT2D eigenvalue weighted by Gasteiger charge is 2.18. The molecule has 78 valence electrons. The Morgan fingerprint density at radius 1 is 1.57 bits per heavy atom. The van der Waals surface area contributed by atoms with Crippen molar-refractivity contribution >= 4 is 11.3 Å². The van der Waals surface area contributed by atoms with E-state index < -0.39 is 0 Å². The van der Waals surface area contributed by atoms with Crippen LogP contribution in [-0.4, -0.2) is 25.3 Å². The fourth-order valence-electron chi connectivity index (χ4n) is 1.67. The third-order valence-corrected chi connectivity index (χ3v) is 3.49. The molecule has 1 aromatic rings. The highest BCUT2D eigenvalue weighted by atomic mass is 32.1. The van der Waals surface area contributed by atoms with Crippen molar-refractivity contribution in [1.29, 1.82) is 0 Å². The van der Waals surface area contributed by atoms with Gasteiger partial charge in [-0.2, -0.15) is 0 Å². The van der Waals surface area contributed by atoms with Gasteiger partial charge in [0.25, 0.3) is 0 Å². The van der Waals surface area contributed by atoms with Gasteiger partial charge in [-0.05, 0) is 12.8 Å². The Morgan fingerprint density at radius 2 is 2.36 bits per heavy atom. The zero-order valence-corrected chi connectivity index (χ0v) is 9.18. The number of ether oxygens (including phenoxy) is 2. The molecule has 0 spiro atoms. The number of aromatic nitrogens is 1. The summed E-state index contributed by atoms with van der Waals surface area (Å²) in [4.78, 5) is 4.56. The van der Waals surface area contributed by atoms with E-state index in [1.54, 1.807) is 18.4 Å². The van der Waals surface area contributed by atoms with Gasteiger partial charge in [-0.1, -0.05) is 0 Å². The molecule has 0 aliphatic carbocycles. The summed E-state index contributed by atoms with van der Waals surface area (Å²) in [6.45, 7) is 2.38. The van der Waals surface area contributed by atoms with Gasteiger partial charge >= 0.3 is 0 Å². The summed E-state index contributed by atoms with van der Waals surface area (Å²) in [5, 5.41) is 3.34. The van der Waals surface area contributed by atoms with Gasteiger partial charge in [0.15, 0.2) is 0 Å². The van der Waals surface area contributed by atoms with Crippen molar-refractivity contribution in [2.24, 2.45) is 0 Å². The van der Waals surface area contributed by atoms with Crippen LogP contribution >= 0.6 is 11.3 Å². The maximum atomic E-state index is 5.33. The molecule has 2 rings (SSSR count). The Bertz CT molecular complexity index is 281. The van der Waals surface area contributed by atoms with Gasteiger partial charge in [0, 0.05) is 31.6 Å². The van der Waals surface area contributed by atoms with Crippen molar-refractivity contribution in [1.82, 2.24) is 4.98 Å². The zero-order chi connectivity index (χ0) is 9.80. The first kappa shape index (κ1) is 10.1. The van der Waals surface area contributed by atoms with Crippen molar-refractivity contribution in [2.75, 3.05) is 20.3 Å². The number of hydrogen-bond donors (Lipinski definition) is 0. The first-order valence-electron chi connectivity index (χ1n) is 4.91. The number of hydrogen-bond acceptors (Lipinski definition) is 4. The summed E-state index contributed by atoms with van der Waals surface area (Å²) in [7, 11) is 1.70. The fourth-order valence-corrected chi connectivity index (χ4v) is 2.64. The molecule has 3 nitrogen and oxygen atoms in total. The van der Waals surface area contributed by atoms with Gasteiger partial charge in [-0.25, -0.2) is 4.98 Å². The maximum absolute atomic E-state index is 5.33. The average molecular weight is 213 g/mol. The molecule has 0 N–H and O–H groups in total. The molecule has 0 unspecified atom stereocenters. The Kier molecular flexibility index (Phi) is 3.50. The van der Waals surface area contributed by atoms with Crippen LogP contribution < -0.4 is 0 Å². The van der Waals surface area contributed by atoms with Crippen LogP contribution in [0.1, 0.15) is 29.5 Å². The van der Waals surface area contributed by atoms with Crippen LogP contribution in [0.4, 0.5) is 0 Å². The Balaban J connectivity index is 2.00. The predicted octanol–water partition coefficient (Wildman–Crippen LogP) is 2.18. The standard InChI is InChI=1S/C10H15NO2S/c1-12-6-9-7-14-10(11-9)8-2-4-13-5-3-8/h7-8H,2-6H2,1H3. The van der Waals surface area contributed by atoms with Gasteiger partial charge in [0.05, 0.1) is 17.3 Å². The topological polar surface area (TPSA) is 31.4 Å². The second kappa shape index (κ2) is 4.87. The van der Waals surface area contributed by atoms with Gasteiger partial charge < -0.3 is 9.47 Å². The third-order valence-electron chi connectivity index (χ3n) is 2.43. The molecule has 0 atom stereocenters. The molecule has 14 heavy (non-hydrogen) atoms. The van der Waals surface area contributed by atoms with E-state index in [0.29, 0.717) is 12.5 Å². The van der Waals surface area contributed by atoms with Crippen LogP contribution in [0.25, 0.3) is 0 Å². The molecule has 0 aromatic carbocycles. The molecule has 4 heteroatoms. The molecule has 0 amide bonds. The second-order valence-electron chi connectivity index (χ2n) is 3.50. The molecule has 1 aliphatic rings. The Hall–Kier alpha value is -0.450. The van der Waals surface area contributed by atoms with E-state index in [2.05, 4.69) is 10.4 Å². The molecule has 2 heterocycles. The maximum Gasteiger partial charge on any atom is 0.0962 e. The zero-order valence-electron chi connectivity index (χ0n) is 8.36. The summed E-state index contributed by atoms with van der Waals surface area (Å²) in [5.74, 6) is 0.611. The van der Waals surface area contributed by atoms with Crippen molar-refractivity contribution in [2.45, 2.75) is 25.4 Å². The van der Waals surface area contributed by atoms with E-state index in [4.69, 9.17) is 9.47 Å². The van der Waals surface area contributed by atoms with Crippen LogP contribution in [0.2, 0.25) is 0 Å². The van der Waals surface area contributed by atoms with E-state index in [9.17, 15) is 0 Å². The van der Waals surface area contributed by atoms with E-state index in [0.717, 1.165) is 31.7 Å². The number of nitrogens with zero attached hydrogens (tertiary/aromatic N) is 1. The van der Waals surface area contributed by atoms with Crippen LogP contribution in [0, 0.1) is 0 Å². The van der Waals surface area contributed by atoms with E-state index >= 15 is 0 Å². The summed E-state index contributed by atoms with van der Waals surface area (Å²) in [6, 6.07) is 0. The third kappa shape index (κ3) is 2.32. The minimum Gasteiger partial charge on any atom is -0.381 e. The molecule has 0 saturated carbocycles. The lowest BCUT2D eigenvalue weighted by Gasteiger charge is -2.19. The smallest absolute Gasteiger partial charge is 0.0962 e.